The van der Waals surface area contributed by atoms with Crippen LogP contribution < -0.4 is 10.6 Å². The summed E-state index contributed by atoms with van der Waals surface area (Å²) in [6, 6.07) is 17.9. The third kappa shape index (κ3) is 4.94. The second-order valence-corrected chi connectivity index (χ2v) is 6.18. The smallest absolute Gasteiger partial charge is 0.338 e. The van der Waals surface area contributed by atoms with Crippen molar-refractivity contribution in [2.45, 2.75) is 13.8 Å². The van der Waals surface area contributed by atoms with E-state index in [0.717, 1.165) is 16.9 Å². The maximum Gasteiger partial charge on any atom is 0.338 e. The van der Waals surface area contributed by atoms with E-state index in [9.17, 15) is 9.59 Å². The highest BCUT2D eigenvalue weighted by molar-refractivity contribution is 6.04. The van der Waals surface area contributed by atoms with Gasteiger partial charge in [0.05, 0.1) is 17.7 Å². The first-order valence-corrected chi connectivity index (χ1v) is 8.93. The largest absolute Gasteiger partial charge is 0.462 e. The molecule has 0 atom stereocenters. The molecular formula is C22H21N3O3. The molecule has 0 aliphatic carbocycles. The number of rotatable bonds is 6. The molecule has 1 heterocycles. The number of nitrogens with zero attached hydrogens (tertiary/aromatic N) is 1. The lowest BCUT2D eigenvalue weighted by atomic mass is 10.2. The molecule has 142 valence electrons. The molecular weight excluding hydrogens is 354 g/mol. The number of amides is 1. The minimum atomic E-state index is -0.351. The summed E-state index contributed by atoms with van der Waals surface area (Å²) >= 11 is 0. The molecule has 0 aliphatic rings. The van der Waals surface area contributed by atoms with Gasteiger partial charge in [0.25, 0.3) is 5.91 Å². The Hall–Kier alpha value is -3.67. The standard InChI is InChI=1S/C22H21N3O3/c1-3-28-22(27)16-6-11-18(12-7-16)24-20-13-8-17(14-23-20)21(26)25-19-9-4-15(2)5-10-19/h4-14H,3H2,1-2H3,(H,23,24)(H,25,26). The predicted octanol–water partition coefficient (Wildman–Crippen LogP) is 4.56. The third-order valence-corrected chi connectivity index (χ3v) is 4.00. The van der Waals surface area contributed by atoms with Crippen LogP contribution in [0, 0.1) is 6.92 Å². The van der Waals surface area contributed by atoms with Gasteiger partial charge in [0.2, 0.25) is 0 Å². The summed E-state index contributed by atoms with van der Waals surface area (Å²) in [4.78, 5) is 28.3. The monoisotopic (exact) mass is 375 g/mol. The number of ether oxygens (including phenoxy) is 1. The lowest BCUT2D eigenvalue weighted by molar-refractivity contribution is 0.0526. The number of aromatic nitrogens is 1. The number of pyridine rings is 1. The molecule has 0 saturated carbocycles. The zero-order valence-electron chi connectivity index (χ0n) is 15.7. The van der Waals surface area contributed by atoms with Crippen molar-refractivity contribution in [1.29, 1.82) is 0 Å². The number of aryl methyl sites for hydroxylation is 1. The van der Waals surface area contributed by atoms with Crippen molar-refractivity contribution < 1.29 is 14.3 Å². The fourth-order valence-electron chi connectivity index (χ4n) is 2.49. The van der Waals surface area contributed by atoms with Crippen LogP contribution >= 0.6 is 0 Å². The summed E-state index contributed by atoms with van der Waals surface area (Å²) in [6.45, 7) is 4.10. The van der Waals surface area contributed by atoms with Crippen LogP contribution in [-0.4, -0.2) is 23.5 Å². The number of carbonyl (C=O) groups excluding carboxylic acids is 2. The summed E-state index contributed by atoms with van der Waals surface area (Å²) in [5, 5.41) is 5.97. The minimum absolute atomic E-state index is 0.221. The molecule has 0 saturated heterocycles. The summed E-state index contributed by atoms with van der Waals surface area (Å²) in [7, 11) is 0. The van der Waals surface area contributed by atoms with Crippen molar-refractivity contribution in [2.24, 2.45) is 0 Å². The van der Waals surface area contributed by atoms with Crippen molar-refractivity contribution >= 4 is 29.1 Å². The number of hydrogen-bond donors (Lipinski definition) is 2. The predicted molar refractivity (Wildman–Crippen MR) is 109 cm³/mol. The zero-order valence-corrected chi connectivity index (χ0v) is 15.7. The van der Waals surface area contributed by atoms with Crippen LogP contribution in [0.1, 0.15) is 33.2 Å². The fraction of sp³-hybridized carbons (Fsp3) is 0.136. The summed E-state index contributed by atoms with van der Waals surface area (Å²) < 4.78 is 4.96. The van der Waals surface area contributed by atoms with E-state index in [2.05, 4.69) is 15.6 Å². The molecule has 2 N–H and O–H groups in total. The molecule has 0 fully saturated rings. The number of carbonyl (C=O) groups is 2. The first-order chi connectivity index (χ1) is 13.5. The SMILES string of the molecule is CCOC(=O)c1ccc(Nc2ccc(C(=O)Nc3ccc(C)cc3)cn2)cc1. The van der Waals surface area contributed by atoms with Crippen LogP contribution in [0.3, 0.4) is 0 Å². The van der Waals surface area contributed by atoms with Gasteiger partial charge in [-0.15, -0.1) is 0 Å². The normalized spacial score (nSPS) is 10.2. The van der Waals surface area contributed by atoms with Gasteiger partial charge in [0.1, 0.15) is 5.82 Å². The van der Waals surface area contributed by atoms with Crippen LogP contribution in [0.2, 0.25) is 0 Å². The summed E-state index contributed by atoms with van der Waals surface area (Å²) in [6.07, 6.45) is 1.51. The highest BCUT2D eigenvalue weighted by Gasteiger charge is 2.08. The van der Waals surface area contributed by atoms with Gasteiger partial charge in [0.15, 0.2) is 0 Å². The number of hydrogen-bond acceptors (Lipinski definition) is 5. The Morgan fingerprint density at radius 2 is 1.54 bits per heavy atom. The van der Waals surface area contributed by atoms with E-state index in [0.29, 0.717) is 23.6 Å². The van der Waals surface area contributed by atoms with Gasteiger partial charge in [-0.25, -0.2) is 9.78 Å². The molecule has 0 unspecified atom stereocenters. The van der Waals surface area contributed by atoms with E-state index in [4.69, 9.17) is 4.74 Å². The topological polar surface area (TPSA) is 80.3 Å². The average Bonchev–Trinajstić information content (AvgIpc) is 2.71. The van der Waals surface area contributed by atoms with E-state index in [-0.39, 0.29) is 11.9 Å². The van der Waals surface area contributed by atoms with Crippen molar-refractivity contribution in [1.82, 2.24) is 4.98 Å². The Bertz CT molecular complexity index is 950. The maximum atomic E-state index is 12.3. The number of benzene rings is 2. The molecule has 3 rings (SSSR count). The van der Waals surface area contributed by atoms with Crippen molar-refractivity contribution in [2.75, 3.05) is 17.2 Å². The van der Waals surface area contributed by atoms with Crippen LogP contribution in [0.5, 0.6) is 0 Å². The molecule has 0 aliphatic heterocycles. The fourth-order valence-corrected chi connectivity index (χ4v) is 2.49. The van der Waals surface area contributed by atoms with Gasteiger partial charge in [0, 0.05) is 17.6 Å². The van der Waals surface area contributed by atoms with E-state index in [1.54, 1.807) is 43.3 Å². The number of nitrogens with one attached hydrogen (secondary N) is 2. The first-order valence-electron chi connectivity index (χ1n) is 8.93. The van der Waals surface area contributed by atoms with Crippen LogP contribution in [0.15, 0.2) is 66.9 Å². The van der Waals surface area contributed by atoms with Gasteiger partial charge in [-0.1, -0.05) is 17.7 Å². The number of esters is 1. The van der Waals surface area contributed by atoms with E-state index in [1.807, 2.05) is 31.2 Å². The second-order valence-electron chi connectivity index (χ2n) is 6.18. The molecule has 6 nitrogen and oxygen atoms in total. The average molecular weight is 375 g/mol. The molecule has 0 radical (unpaired) electrons. The van der Waals surface area contributed by atoms with Gasteiger partial charge in [-0.3, -0.25) is 4.79 Å². The molecule has 3 aromatic rings. The second kappa shape index (κ2) is 8.81. The Labute approximate surface area is 163 Å². The number of anilines is 3. The van der Waals surface area contributed by atoms with Gasteiger partial charge < -0.3 is 15.4 Å². The molecule has 28 heavy (non-hydrogen) atoms. The Morgan fingerprint density at radius 1 is 0.893 bits per heavy atom. The van der Waals surface area contributed by atoms with Crippen LogP contribution in [-0.2, 0) is 4.74 Å². The lowest BCUT2D eigenvalue weighted by Gasteiger charge is -2.08. The molecule has 0 bridgehead atoms. The highest BCUT2D eigenvalue weighted by Crippen LogP contribution is 2.17. The highest BCUT2D eigenvalue weighted by atomic mass is 16.5. The van der Waals surface area contributed by atoms with E-state index >= 15 is 0 Å². The quantitative estimate of drug-likeness (QED) is 0.617. The van der Waals surface area contributed by atoms with E-state index in [1.165, 1.54) is 6.20 Å². The van der Waals surface area contributed by atoms with Crippen LogP contribution in [0.4, 0.5) is 17.2 Å². The third-order valence-electron chi connectivity index (χ3n) is 4.00. The Kier molecular flexibility index (Phi) is 6.01. The van der Waals surface area contributed by atoms with Crippen molar-refractivity contribution in [3.05, 3.63) is 83.6 Å². The molecule has 6 heteroatoms. The minimum Gasteiger partial charge on any atom is -0.462 e. The van der Waals surface area contributed by atoms with Gasteiger partial charge in [-0.05, 0) is 62.4 Å². The molecule has 0 spiro atoms. The van der Waals surface area contributed by atoms with Gasteiger partial charge in [-0.2, -0.15) is 0 Å². The van der Waals surface area contributed by atoms with Crippen molar-refractivity contribution in [3.8, 4) is 0 Å². The summed E-state index contributed by atoms with van der Waals surface area (Å²) in [5.41, 5.74) is 3.59. The van der Waals surface area contributed by atoms with Gasteiger partial charge >= 0.3 is 5.97 Å². The lowest BCUT2D eigenvalue weighted by Crippen LogP contribution is -2.12. The first kappa shape index (κ1) is 19.1. The van der Waals surface area contributed by atoms with Crippen molar-refractivity contribution in [3.63, 3.8) is 0 Å². The molecule has 2 aromatic carbocycles. The molecule has 1 amide bonds. The maximum absolute atomic E-state index is 12.3. The van der Waals surface area contributed by atoms with E-state index < -0.39 is 0 Å². The Morgan fingerprint density at radius 3 is 2.14 bits per heavy atom. The molecule has 1 aromatic heterocycles. The summed E-state index contributed by atoms with van der Waals surface area (Å²) in [5.74, 6) is 0.0218. The Balaban J connectivity index is 1.61. The zero-order chi connectivity index (χ0) is 19.9. The van der Waals surface area contributed by atoms with Crippen LogP contribution in [0.25, 0.3) is 0 Å².